The Morgan fingerprint density at radius 3 is 2.24 bits per heavy atom. The lowest BCUT2D eigenvalue weighted by atomic mass is 9.89. The number of hydrogen-bond acceptors (Lipinski definition) is 9. The van der Waals surface area contributed by atoms with Gasteiger partial charge in [0.05, 0.1) is 5.92 Å². The first kappa shape index (κ1) is 24.1. The molecular formula is C18H13F5O10S. The van der Waals surface area contributed by atoms with E-state index in [1.165, 1.54) is 0 Å². The number of ether oxygens (including phenoxy) is 3. The molecule has 2 aromatic heterocycles. The van der Waals surface area contributed by atoms with Gasteiger partial charge in [0.15, 0.2) is 11.2 Å². The van der Waals surface area contributed by atoms with E-state index in [4.69, 9.17) is 18.4 Å². The summed E-state index contributed by atoms with van der Waals surface area (Å²) in [6, 6.07) is 0. The molecule has 186 valence electrons. The molecule has 1 aliphatic carbocycles. The van der Waals surface area contributed by atoms with Crippen molar-refractivity contribution in [1.82, 2.24) is 0 Å². The number of furan rings is 2. The number of carbonyl (C=O) groups excluding carboxylic acids is 3. The van der Waals surface area contributed by atoms with Crippen molar-refractivity contribution in [2.24, 2.45) is 5.92 Å². The summed E-state index contributed by atoms with van der Waals surface area (Å²) in [6.45, 7) is 0. The van der Waals surface area contributed by atoms with Crippen LogP contribution in [0.1, 0.15) is 52.8 Å². The Morgan fingerprint density at radius 1 is 1.06 bits per heavy atom. The van der Waals surface area contributed by atoms with Crippen LogP contribution in [0.2, 0.25) is 0 Å². The Morgan fingerprint density at radius 2 is 1.68 bits per heavy atom. The number of rotatable bonds is 6. The predicted octanol–water partition coefficient (Wildman–Crippen LogP) is 3.46. The third kappa shape index (κ3) is 3.73. The quantitative estimate of drug-likeness (QED) is 0.262. The van der Waals surface area contributed by atoms with Gasteiger partial charge in [0.25, 0.3) is 6.10 Å². The van der Waals surface area contributed by atoms with Gasteiger partial charge in [0, 0.05) is 0 Å². The number of carbonyl (C=O) groups is 3. The molecule has 4 rings (SSSR count). The number of benzene rings is 1. The zero-order valence-corrected chi connectivity index (χ0v) is 17.4. The fourth-order valence-corrected chi connectivity index (χ4v) is 4.28. The Bertz CT molecular complexity index is 1270. The topological polar surface area (TPSA) is 146 Å². The molecule has 2 bridgehead atoms. The van der Waals surface area contributed by atoms with Crippen LogP contribution in [-0.2, 0) is 19.6 Å². The predicted molar refractivity (Wildman–Crippen MR) is 96.3 cm³/mol. The van der Waals surface area contributed by atoms with Crippen molar-refractivity contribution >= 4 is 39.2 Å². The van der Waals surface area contributed by atoms with Crippen LogP contribution >= 0.6 is 0 Å². The minimum Gasteiger partial charge on any atom is -0.447 e. The van der Waals surface area contributed by atoms with E-state index in [1.807, 2.05) is 0 Å². The van der Waals surface area contributed by atoms with E-state index in [0.717, 1.165) is 19.3 Å². The summed E-state index contributed by atoms with van der Waals surface area (Å²) in [5, 5.41) is -5.99. The molecule has 2 aliphatic rings. The van der Waals surface area contributed by atoms with E-state index in [9.17, 15) is 44.8 Å². The summed E-state index contributed by atoms with van der Waals surface area (Å²) in [5.41, 5.74) is -3.18. The molecule has 1 aliphatic heterocycles. The van der Waals surface area contributed by atoms with E-state index in [0.29, 0.717) is 12.8 Å². The van der Waals surface area contributed by atoms with E-state index in [2.05, 4.69) is 4.74 Å². The smallest absolute Gasteiger partial charge is 0.432 e. The van der Waals surface area contributed by atoms with E-state index in [-0.39, 0.29) is 0 Å². The second kappa shape index (κ2) is 7.76. The van der Waals surface area contributed by atoms with E-state index >= 15 is 0 Å². The second-order valence-corrected chi connectivity index (χ2v) is 9.17. The van der Waals surface area contributed by atoms with E-state index in [1.54, 1.807) is 0 Å². The molecule has 1 saturated carbocycles. The van der Waals surface area contributed by atoms with Gasteiger partial charge in [-0.25, -0.2) is 9.59 Å². The Hall–Kier alpha value is -3.01. The number of esters is 3. The SMILES string of the molecule is O=C1Oc2c(OC(=O)C3CCCCC3)c3oc2c1c3C(=O)OC(C(F)(F)F)C(F)(F)S(=O)(=O)O. The molecule has 1 atom stereocenters. The number of fused-ring (bicyclic) bond motifs is 1. The zero-order valence-electron chi connectivity index (χ0n) is 16.6. The first-order valence-electron chi connectivity index (χ1n) is 9.62. The fourth-order valence-electron chi connectivity index (χ4n) is 3.83. The van der Waals surface area contributed by atoms with Gasteiger partial charge in [-0.3, -0.25) is 9.35 Å². The molecule has 3 heterocycles. The standard InChI is InChI=1S/C18H13F5O10S/c19-17(20,21)16(18(22,23)34(27,28)29)33-15(26)8-7-9-12(32-14(7)25)11(10(8)30-9)31-13(24)6-4-2-1-3-5-6/h6,16H,1-5H2,(H,27,28,29). The van der Waals surface area contributed by atoms with Gasteiger partial charge in [0.1, 0.15) is 11.1 Å². The molecule has 16 heteroatoms. The van der Waals surface area contributed by atoms with Crippen molar-refractivity contribution in [2.75, 3.05) is 0 Å². The first-order chi connectivity index (χ1) is 15.6. The van der Waals surface area contributed by atoms with Crippen molar-refractivity contribution < 1.29 is 67.9 Å². The van der Waals surface area contributed by atoms with Gasteiger partial charge in [0.2, 0.25) is 11.5 Å². The maximum absolute atomic E-state index is 13.8. The molecule has 0 radical (unpaired) electrons. The highest BCUT2D eigenvalue weighted by Crippen LogP contribution is 2.52. The highest BCUT2D eigenvalue weighted by molar-refractivity contribution is 7.86. The minimum atomic E-state index is -6.69. The largest absolute Gasteiger partial charge is 0.447 e. The summed E-state index contributed by atoms with van der Waals surface area (Å²) >= 11 is 0. The van der Waals surface area contributed by atoms with Crippen LogP contribution < -0.4 is 9.47 Å². The first-order valence-corrected chi connectivity index (χ1v) is 11.1. The summed E-state index contributed by atoms with van der Waals surface area (Å²) in [4.78, 5) is 37.0. The number of hydrogen-bond donors (Lipinski definition) is 1. The van der Waals surface area contributed by atoms with Crippen molar-refractivity contribution in [3.8, 4) is 11.5 Å². The normalized spacial score (nSPS) is 18.2. The maximum atomic E-state index is 13.8. The summed E-state index contributed by atoms with van der Waals surface area (Å²) in [7, 11) is -6.69. The summed E-state index contributed by atoms with van der Waals surface area (Å²) < 4.78 is 116. The molecule has 1 N–H and O–H groups in total. The number of halogens is 5. The van der Waals surface area contributed by atoms with Crippen LogP contribution in [0.15, 0.2) is 4.42 Å². The second-order valence-electron chi connectivity index (χ2n) is 7.68. The maximum Gasteiger partial charge on any atom is 0.432 e. The molecule has 2 aromatic rings. The Labute approximate surface area is 186 Å². The number of alkyl halides is 5. The van der Waals surface area contributed by atoms with Gasteiger partial charge >= 0.3 is 39.5 Å². The highest BCUT2D eigenvalue weighted by Gasteiger charge is 2.66. The van der Waals surface area contributed by atoms with E-state index < -0.39 is 85.3 Å². The van der Waals surface area contributed by atoms with Crippen LogP contribution in [-0.4, -0.2) is 48.4 Å². The molecule has 1 unspecified atom stereocenters. The minimum absolute atomic E-state index is 0.425. The lowest BCUT2D eigenvalue weighted by Gasteiger charge is -2.26. The highest BCUT2D eigenvalue weighted by atomic mass is 32.2. The molecule has 0 aromatic carbocycles. The molecule has 34 heavy (non-hydrogen) atoms. The Kier molecular flexibility index (Phi) is 5.51. The fraction of sp³-hybridized carbons (Fsp3) is 0.500. The van der Waals surface area contributed by atoms with Crippen molar-refractivity contribution in [2.45, 2.75) is 49.6 Å². The van der Waals surface area contributed by atoms with Gasteiger partial charge in [-0.1, -0.05) is 19.3 Å². The van der Waals surface area contributed by atoms with Crippen LogP contribution in [0, 0.1) is 5.92 Å². The zero-order chi connectivity index (χ0) is 25.2. The van der Waals surface area contributed by atoms with Crippen LogP contribution in [0.5, 0.6) is 11.5 Å². The van der Waals surface area contributed by atoms with Gasteiger partial charge in [-0.2, -0.15) is 30.4 Å². The van der Waals surface area contributed by atoms with Crippen molar-refractivity contribution in [3.63, 3.8) is 0 Å². The van der Waals surface area contributed by atoms with Crippen molar-refractivity contribution in [3.05, 3.63) is 11.1 Å². The summed E-state index contributed by atoms with van der Waals surface area (Å²) in [5.74, 6) is -5.99. The molecular weight excluding hydrogens is 503 g/mol. The molecule has 10 nitrogen and oxygen atoms in total. The van der Waals surface area contributed by atoms with Gasteiger partial charge < -0.3 is 18.6 Å². The van der Waals surface area contributed by atoms with Crippen LogP contribution in [0.3, 0.4) is 0 Å². The van der Waals surface area contributed by atoms with Gasteiger partial charge in [-0.05, 0) is 12.8 Å². The van der Waals surface area contributed by atoms with Crippen LogP contribution in [0.4, 0.5) is 22.0 Å². The molecule has 0 saturated heterocycles. The molecule has 1 fully saturated rings. The Balaban J connectivity index is 1.70. The van der Waals surface area contributed by atoms with Crippen LogP contribution in [0.25, 0.3) is 11.2 Å². The lowest BCUT2D eigenvalue weighted by molar-refractivity contribution is -0.247. The van der Waals surface area contributed by atoms with Crippen molar-refractivity contribution in [1.29, 1.82) is 0 Å². The third-order valence-corrected chi connectivity index (χ3v) is 6.34. The molecule has 0 amide bonds. The monoisotopic (exact) mass is 516 g/mol. The molecule has 0 spiro atoms. The van der Waals surface area contributed by atoms with Gasteiger partial charge in [-0.15, -0.1) is 0 Å². The third-order valence-electron chi connectivity index (χ3n) is 5.44. The lowest BCUT2D eigenvalue weighted by Crippen LogP contribution is -2.52. The average Bonchev–Trinajstić information content (AvgIpc) is 3.34. The summed E-state index contributed by atoms with van der Waals surface area (Å²) in [6.07, 6.45) is -7.51. The average molecular weight is 516 g/mol.